The summed E-state index contributed by atoms with van der Waals surface area (Å²) in [5.74, 6) is 0. The fourth-order valence-corrected chi connectivity index (χ4v) is 2.57. The number of rotatable bonds is 6. The molecule has 0 bridgehead atoms. The Hall–Kier alpha value is -1.80. The smallest absolute Gasteiger partial charge is 0.0363 e. The van der Waals surface area contributed by atoms with Gasteiger partial charge in [0.2, 0.25) is 0 Å². The molecule has 0 fully saturated rings. The highest BCUT2D eigenvalue weighted by molar-refractivity contribution is 5.45. The lowest BCUT2D eigenvalue weighted by Crippen LogP contribution is -2.25. The van der Waals surface area contributed by atoms with Crippen LogP contribution in [0, 0.1) is 6.92 Å². The number of hydrogen-bond acceptors (Lipinski definition) is 2. The van der Waals surface area contributed by atoms with Crippen molar-refractivity contribution in [1.29, 1.82) is 0 Å². The molecule has 0 amide bonds. The lowest BCUT2D eigenvalue weighted by molar-refractivity contribution is 0.547. The summed E-state index contributed by atoms with van der Waals surface area (Å²) in [6.07, 6.45) is 1.09. The molecule has 0 heterocycles. The van der Waals surface area contributed by atoms with Gasteiger partial charge in [0.15, 0.2) is 0 Å². The van der Waals surface area contributed by atoms with E-state index in [4.69, 9.17) is 0 Å². The summed E-state index contributed by atoms with van der Waals surface area (Å²) in [6.45, 7) is 3.21. The van der Waals surface area contributed by atoms with Crippen molar-refractivity contribution < 1.29 is 0 Å². The number of aryl methyl sites for hydroxylation is 1. The summed E-state index contributed by atoms with van der Waals surface area (Å²) >= 11 is 0. The summed E-state index contributed by atoms with van der Waals surface area (Å²) in [4.78, 5) is 2.31. The van der Waals surface area contributed by atoms with E-state index >= 15 is 0 Å². The van der Waals surface area contributed by atoms with E-state index in [1.807, 2.05) is 7.05 Å². The highest BCUT2D eigenvalue weighted by Crippen LogP contribution is 2.21. The second-order valence-corrected chi connectivity index (χ2v) is 5.24. The van der Waals surface area contributed by atoms with Gasteiger partial charge in [0.05, 0.1) is 0 Å². The Bertz CT molecular complexity index is 522. The van der Waals surface area contributed by atoms with Crippen LogP contribution in [0.3, 0.4) is 0 Å². The zero-order valence-electron chi connectivity index (χ0n) is 12.6. The Morgan fingerprint density at radius 3 is 2.30 bits per heavy atom. The maximum absolute atomic E-state index is 3.44. The maximum atomic E-state index is 3.44. The summed E-state index contributed by atoms with van der Waals surface area (Å²) in [7, 11) is 4.19. The van der Waals surface area contributed by atoms with Crippen molar-refractivity contribution in [3.05, 3.63) is 65.7 Å². The zero-order chi connectivity index (χ0) is 14.4. The monoisotopic (exact) mass is 268 g/mol. The van der Waals surface area contributed by atoms with Crippen LogP contribution in [0.4, 0.5) is 5.69 Å². The van der Waals surface area contributed by atoms with Crippen LogP contribution in [0.5, 0.6) is 0 Å². The largest absolute Gasteiger partial charge is 0.375 e. The van der Waals surface area contributed by atoms with Gasteiger partial charge < -0.3 is 10.2 Å². The Labute approximate surface area is 122 Å². The van der Waals surface area contributed by atoms with Crippen LogP contribution in [0.25, 0.3) is 0 Å². The van der Waals surface area contributed by atoms with E-state index in [9.17, 15) is 0 Å². The molecule has 106 valence electrons. The van der Waals surface area contributed by atoms with Gasteiger partial charge in [0, 0.05) is 25.3 Å². The number of anilines is 1. The number of para-hydroxylation sites is 1. The molecule has 0 radical (unpaired) electrons. The van der Waals surface area contributed by atoms with Gasteiger partial charge in [-0.2, -0.15) is 0 Å². The second kappa shape index (κ2) is 7.11. The van der Waals surface area contributed by atoms with E-state index in [0.717, 1.165) is 13.0 Å². The van der Waals surface area contributed by atoms with Gasteiger partial charge in [-0.15, -0.1) is 0 Å². The van der Waals surface area contributed by atoms with Gasteiger partial charge in [0.25, 0.3) is 0 Å². The first-order valence-electron chi connectivity index (χ1n) is 7.21. The van der Waals surface area contributed by atoms with Crippen molar-refractivity contribution in [2.24, 2.45) is 0 Å². The van der Waals surface area contributed by atoms with Crippen molar-refractivity contribution in [2.45, 2.75) is 19.4 Å². The SMILES string of the molecule is CNC(CCN(C)c1ccccc1)c1ccccc1C. The molecule has 0 aliphatic rings. The zero-order valence-corrected chi connectivity index (χ0v) is 12.6. The molecular weight excluding hydrogens is 244 g/mol. The summed E-state index contributed by atoms with van der Waals surface area (Å²) in [5.41, 5.74) is 4.03. The molecular formula is C18H24N2. The standard InChI is InChI=1S/C18H24N2/c1-15-9-7-8-12-17(15)18(19-2)13-14-20(3)16-10-5-4-6-11-16/h4-12,18-19H,13-14H2,1-3H3. The molecule has 1 unspecified atom stereocenters. The minimum atomic E-state index is 0.405. The maximum Gasteiger partial charge on any atom is 0.0363 e. The predicted molar refractivity (Wildman–Crippen MR) is 87.3 cm³/mol. The van der Waals surface area contributed by atoms with E-state index in [1.54, 1.807) is 0 Å². The van der Waals surface area contributed by atoms with E-state index in [-0.39, 0.29) is 0 Å². The van der Waals surface area contributed by atoms with Gasteiger partial charge in [-0.25, -0.2) is 0 Å². The van der Waals surface area contributed by atoms with Gasteiger partial charge >= 0.3 is 0 Å². The number of nitrogens with one attached hydrogen (secondary N) is 1. The Morgan fingerprint density at radius 1 is 1.00 bits per heavy atom. The molecule has 2 heteroatoms. The fourth-order valence-electron chi connectivity index (χ4n) is 2.57. The lowest BCUT2D eigenvalue weighted by atomic mass is 9.99. The fraction of sp³-hybridized carbons (Fsp3) is 0.333. The van der Waals surface area contributed by atoms with Crippen LogP contribution < -0.4 is 10.2 Å². The average Bonchev–Trinajstić information content (AvgIpc) is 2.50. The molecule has 0 aromatic heterocycles. The topological polar surface area (TPSA) is 15.3 Å². The van der Waals surface area contributed by atoms with Crippen LogP contribution >= 0.6 is 0 Å². The first-order valence-corrected chi connectivity index (χ1v) is 7.21. The Morgan fingerprint density at radius 2 is 1.65 bits per heavy atom. The first kappa shape index (κ1) is 14.6. The van der Waals surface area contributed by atoms with Crippen molar-refractivity contribution >= 4 is 5.69 Å². The minimum absolute atomic E-state index is 0.405. The van der Waals surface area contributed by atoms with E-state index in [1.165, 1.54) is 16.8 Å². The molecule has 0 saturated carbocycles. The van der Waals surface area contributed by atoms with E-state index < -0.39 is 0 Å². The molecule has 0 aliphatic carbocycles. The molecule has 2 aromatic rings. The molecule has 20 heavy (non-hydrogen) atoms. The third-order valence-corrected chi connectivity index (χ3v) is 3.86. The van der Waals surface area contributed by atoms with Crippen LogP contribution in [0.2, 0.25) is 0 Å². The molecule has 0 aliphatic heterocycles. The molecule has 0 spiro atoms. The van der Waals surface area contributed by atoms with Gasteiger partial charge in [-0.05, 0) is 43.7 Å². The molecule has 2 rings (SSSR count). The molecule has 1 atom stereocenters. The number of benzene rings is 2. The third-order valence-electron chi connectivity index (χ3n) is 3.86. The molecule has 0 saturated heterocycles. The summed E-state index contributed by atoms with van der Waals surface area (Å²) in [5, 5.41) is 3.44. The summed E-state index contributed by atoms with van der Waals surface area (Å²) < 4.78 is 0. The van der Waals surface area contributed by atoms with Crippen molar-refractivity contribution in [2.75, 3.05) is 25.5 Å². The van der Waals surface area contributed by atoms with Gasteiger partial charge in [0.1, 0.15) is 0 Å². The Kier molecular flexibility index (Phi) is 5.19. The number of nitrogens with zero attached hydrogens (tertiary/aromatic N) is 1. The van der Waals surface area contributed by atoms with Crippen LogP contribution in [-0.2, 0) is 0 Å². The average molecular weight is 268 g/mol. The highest BCUT2D eigenvalue weighted by Gasteiger charge is 2.12. The first-order chi connectivity index (χ1) is 9.72. The van der Waals surface area contributed by atoms with E-state index in [0.29, 0.717) is 6.04 Å². The van der Waals surface area contributed by atoms with Gasteiger partial charge in [-0.1, -0.05) is 42.5 Å². The van der Waals surface area contributed by atoms with E-state index in [2.05, 4.69) is 78.8 Å². The van der Waals surface area contributed by atoms with Crippen LogP contribution in [0.1, 0.15) is 23.6 Å². The van der Waals surface area contributed by atoms with Gasteiger partial charge in [-0.3, -0.25) is 0 Å². The highest BCUT2D eigenvalue weighted by atomic mass is 15.1. The second-order valence-electron chi connectivity index (χ2n) is 5.24. The molecule has 2 aromatic carbocycles. The Balaban J connectivity index is 2.00. The van der Waals surface area contributed by atoms with Crippen LogP contribution in [-0.4, -0.2) is 20.6 Å². The van der Waals surface area contributed by atoms with Crippen LogP contribution in [0.15, 0.2) is 54.6 Å². The predicted octanol–water partition coefficient (Wildman–Crippen LogP) is 3.78. The molecule has 2 nitrogen and oxygen atoms in total. The lowest BCUT2D eigenvalue weighted by Gasteiger charge is -2.24. The quantitative estimate of drug-likeness (QED) is 0.857. The third kappa shape index (κ3) is 3.61. The normalized spacial score (nSPS) is 12.2. The number of hydrogen-bond donors (Lipinski definition) is 1. The van der Waals surface area contributed by atoms with Crippen molar-refractivity contribution in [1.82, 2.24) is 5.32 Å². The van der Waals surface area contributed by atoms with Crippen molar-refractivity contribution in [3.63, 3.8) is 0 Å². The minimum Gasteiger partial charge on any atom is -0.375 e. The van der Waals surface area contributed by atoms with Crippen molar-refractivity contribution in [3.8, 4) is 0 Å². The molecule has 1 N–H and O–H groups in total. The summed E-state index contributed by atoms with van der Waals surface area (Å²) in [6, 6.07) is 19.6.